The van der Waals surface area contributed by atoms with Gasteiger partial charge < -0.3 is 14.8 Å². The van der Waals surface area contributed by atoms with Gasteiger partial charge in [-0.15, -0.1) is 0 Å². The Morgan fingerprint density at radius 1 is 1.47 bits per heavy atom. The van der Waals surface area contributed by atoms with Gasteiger partial charge in [-0.2, -0.15) is 0 Å². The van der Waals surface area contributed by atoms with Crippen molar-refractivity contribution in [1.82, 2.24) is 14.7 Å². The highest BCUT2D eigenvalue weighted by atomic mass is 16.3. The first-order valence-corrected chi connectivity index (χ1v) is 6.18. The van der Waals surface area contributed by atoms with E-state index in [0.717, 1.165) is 30.9 Å². The zero-order valence-electron chi connectivity index (χ0n) is 9.76. The van der Waals surface area contributed by atoms with E-state index in [2.05, 4.69) is 10.3 Å². The molecule has 0 radical (unpaired) electrons. The van der Waals surface area contributed by atoms with Crippen molar-refractivity contribution in [3.63, 3.8) is 0 Å². The molecule has 2 aromatic rings. The van der Waals surface area contributed by atoms with E-state index in [1.165, 1.54) is 12.8 Å². The van der Waals surface area contributed by atoms with Crippen LogP contribution in [-0.2, 0) is 6.42 Å². The first kappa shape index (κ1) is 10.6. The molecule has 0 aromatic carbocycles. The van der Waals surface area contributed by atoms with Gasteiger partial charge in [0.1, 0.15) is 11.6 Å². The van der Waals surface area contributed by atoms with Crippen LogP contribution >= 0.6 is 0 Å². The van der Waals surface area contributed by atoms with Crippen LogP contribution in [0.2, 0.25) is 0 Å². The summed E-state index contributed by atoms with van der Waals surface area (Å²) in [5.74, 6) is 2.00. The number of pyridine rings is 1. The fourth-order valence-corrected chi connectivity index (χ4v) is 2.54. The predicted octanol–water partition coefficient (Wildman–Crippen LogP) is 1.58. The van der Waals surface area contributed by atoms with E-state index in [1.807, 2.05) is 16.7 Å². The van der Waals surface area contributed by atoms with Gasteiger partial charge in [0.15, 0.2) is 0 Å². The van der Waals surface area contributed by atoms with Crippen molar-refractivity contribution in [3.05, 3.63) is 30.4 Å². The quantitative estimate of drug-likeness (QED) is 0.825. The SMILES string of the molecule is Oc1ccc2cnc(CC3CCCNC3)n2c1. The Labute approximate surface area is 100 Å². The minimum Gasteiger partial charge on any atom is -0.506 e. The molecule has 4 heteroatoms. The summed E-state index contributed by atoms with van der Waals surface area (Å²) in [6, 6.07) is 3.59. The van der Waals surface area contributed by atoms with E-state index in [0.29, 0.717) is 11.7 Å². The van der Waals surface area contributed by atoms with Gasteiger partial charge in [-0.05, 0) is 44.0 Å². The molecule has 1 aliphatic rings. The summed E-state index contributed by atoms with van der Waals surface area (Å²) in [6.07, 6.45) is 7.10. The number of hydrogen-bond donors (Lipinski definition) is 2. The highest BCUT2D eigenvalue weighted by Gasteiger charge is 2.16. The van der Waals surface area contributed by atoms with Gasteiger partial charge in [0.05, 0.1) is 17.9 Å². The lowest BCUT2D eigenvalue weighted by Crippen LogP contribution is -2.31. The molecule has 1 saturated heterocycles. The highest BCUT2D eigenvalue weighted by Crippen LogP contribution is 2.19. The van der Waals surface area contributed by atoms with E-state index < -0.39 is 0 Å². The largest absolute Gasteiger partial charge is 0.506 e. The van der Waals surface area contributed by atoms with Crippen LogP contribution in [0.4, 0.5) is 0 Å². The number of nitrogens with zero attached hydrogens (tertiary/aromatic N) is 2. The van der Waals surface area contributed by atoms with E-state index in [4.69, 9.17) is 0 Å². The van der Waals surface area contributed by atoms with Crippen LogP contribution in [0.3, 0.4) is 0 Å². The van der Waals surface area contributed by atoms with Crippen molar-refractivity contribution in [3.8, 4) is 5.75 Å². The summed E-state index contributed by atoms with van der Waals surface area (Å²) in [6.45, 7) is 2.22. The monoisotopic (exact) mass is 231 g/mol. The second-order valence-corrected chi connectivity index (χ2v) is 4.77. The summed E-state index contributed by atoms with van der Waals surface area (Å²) >= 11 is 0. The minimum atomic E-state index is 0.290. The number of piperidine rings is 1. The lowest BCUT2D eigenvalue weighted by Gasteiger charge is -2.22. The molecule has 2 N–H and O–H groups in total. The van der Waals surface area contributed by atoms with E-state index >= 15 is 0 Å². The van der Waals surface area contributed by atoms with Crippen LogP contribution in [0.25, 0.3) is 5.52 Å². The maximum atomic E-state index is 9.52. The van der Waals surface area contributed by atoms with Crippen molar-refractivity contribution in [1.29, 1.82) is 0 Å². The second kappa shape index (κ2) is 4.37. The standard InChI is InChI=1S/C13H17N3O/c17-12-4-3-11-8-15-13(16(11)9-12)6-10-2-1-5-14-7-10/h3-4,8-10,14,17H,1-2,5-7H2. The molecule has 0 aliphatic carbocycles. The smallest absolute Gasteiger partial charge is 0.132 e. The normalized spacial score (nSPS) is 20.8. The molecule has 1 aliphatic heterocycles. The van der Waals surface area contributed by atoms with Gasteiger partial charge in [0.25, 0.3) is 0 Å². The van der Waals surface area contributed by atoms with Gasteiger partial charge in [-0.1, -0.05) is 0 Å². The molecule has 2 aromatic heterocycles. The minimum absolute atomic E-state index is 0.290. The van der Waals surface area contributed by atoms with Gasteiger partial charge in [-0.25, -0.2) is 4.98 Å². The molecule has 1 fully saturated rings. The fraction of sp³-hybridized carbons (Fsp3) is 0.462. The van der Waals surface area contributed by atoms with Crippen LogP contribution in [0.1, 0.15) is 18.7 Å². The van der Waals surface area contributed by atoms with Crippen molar-refractivity contribution in [2.24, 2.45) is 5.92 Å². The number of aromatic nitrogens is 2. The number of rotatable bonds is 2. The Kier molecular flexibility index (Phi) is 2.73. The molecular formula is C13H17N3O. The third kappa shape index (κ3) is 2.13. The van der Waals surface area contributed by atoms with Crippen LogP contribution in [0.15, 0.2) is 24.5 Å². The lowest BCUT2D eigenvalue weighted by molar-refractivity contribution is 0.370. The topological polar surface area (TPSA) is 49.6 Å². The fourth-order valence-electron chi connectivity index (χ4n) is 2.54. The molecule has 3 rings (SSSR count). The summed E-state index contributed by atoms with van der Waals surface area (Å²) in [5.41, 5.74) is 1.04. The zero-order valence-corrected chi connectivity index (χ0v) is 9.76. The van der Waals surface area contributed by atoms with Crippen LogP contribution in [0.5, 0.6) is 5.75 Å². The molecule has 4 nitrogen and oxygen atoms in total. The van der Waals surface area contributed by atoms with Crippen molar-refractivity contribution >= 4 is 5.52 Å². The summed E-state index contributed by atoms with van der Waals surface area (Å²) < 4.78 is 1.99. The average Bonchev–Trinajstić information content (AvgIpc) is 2.73. The molecule has 0 spiro atoms. The summed E-state index contributed by atoms with van der Waals surface area (Å²) in [7, 11) is 0. The van der Waals surface area contributed by atoms with Crippen LogP contribution in [0, 0.1) is 5.92 Å². The molecule has 0 saturated carbocycles. The van der Waals surface area contributed by atoms with E-state index in [1.54, 1.807) is 12.3 Å². The van der Waals surface area contributed by atoms with Gasteiger partial charge in [0.2, 0.25) is 0 Å². The number of aromatic hydroxyl groups is 1. The van der Waals surface area contributed by atoms with Crippen molar-refractivity contribution < 1.29 is 5.11 Å². The number of imidazole rings is 1. The number of nitrogens with one attached hydrogen (secondary N) is 1. The maximum absolute atomic E-state index is 9.52. The molecule has 17 heavy (non-hydrogen) atoms. The van der Waals surface area contributed by atoms with Crippen LogP contribution in [-0.4, -0.2) is 27.6 Å². The maximum Gasteiger partial charge on any atom is 0.132 e. The van der Waals surface area contributed by atoms with Gasteiger partial charge >= 0.3 is 0 Å². The molecule has 0 amide bonds. The number of fused-ring (bicyclic) bond motifs is 1. The molecule has 90 valence electrons. The molecular weight excluding hydrogens is 214 g/mol. The van der Waals surface area contributed by atoms with Crippen LogP contribution < -0.4 is 5.32 Å². The highest BCUT2D eigenvalue weighted by molar-refractivity contribution is 5.48. The Balaban J connectivity index is 1.86. The first-order valence-electron chi connectivity index (χ1n) is 6.18. The van der Waals surface area contributed by atoms with E-state index in [9.17, 15) is 5.11 Å². The Bertz CT molecular complexity index is 514. The Morgan fingerprint density at radius 2 is 2.41 bits per heavy atom. The van der Waals surface area contributed by atoms with Crippen molar-refractivity contribution in [2.45, 2.75) is 19.3 Å². The van der Waals surface area contributed by atoms with Gasteiger partial charge in [-0.3, -0.25) is 0 Å². The molecule has 0 bridgehead atoms. The third-order valence-corrected chi connectivity index (χ3v) is 3.46. The molecule has 1 unspecified atom stereocenters. The summed E-state index contributed by atoms with van der Waals surface area (Å²) in [5, 5.41) is 12.9. The average molecular weight is 231 g/mol. The molecule has 1 atom stereocenters. The Hall–Kier alpha value is -1.55. The molecule has 3 heterocycles. The zero-order chi connectivity index (χ0) is 11.7. The van der Waals surface area contributed by atoms with Crippen molar-refractivity contribution in [2.75, 3.05) is 13.1 Å². The Morgan fingerprint density at radius 3 is 3.24 bits per heavy atom. The lowest BCUT2D eigenvalue weighted by atomic mass is 9.96. The summed E-state index contributed by atoms with van der Waals surface area (Å²) in [4.78, 5) is 4.45. The van der Waals surface area contributed by atoms with Gasteiger partial charge in [0, 0.05) is 6.42 Å². The predicted molar refractivity (Wildman–Crippen MR) is 66.2 cm³/mol. The second-order valence-electron chi connectivity index (χ2n) is 4.77. The van der Waals surface area contributed by atoms with E-state index in [-0.39, 0.29) is 0 Å². The number of hydrogen-bond acceptors (Lipinski definition) is 3. The third-order valence-electron chi connectivity index (χ3n) is 3.46. The first-order chi connectivity index (χ1) is 8.33.